The maximum atomic E-state index is 13.0. The lowest BCUT2D eigenvalue weighted by Gasteiger charge is -2.38. The molecule has 130 valence electrons. The van der Waals surface area contributed by atoms with Crippen LogP contribution in [0.4, 0.5) is 5.69 Å². The molecule has 4 aliphatic rings. The monoisotopic (exact) mass is 359 g/mol. The Morgan fingerprint density at radius 3 is 2.28 bits per heavy atom. The van der Waals surface area contributed by atoms with Crippen LogP contribution in [0.3, 0.4) is 0 Å². The van der Waals surface area contributed by atoms with E-state index < -0.39 is 5.97 Å². The molecule has 1 aromatic rings. The van der Waals surface area contributed by atoms with Crippen molar-refractivity contribution in [3.8, 4) is 0 Å². The predicted octanol–water partition coefficient (Wildman–Crippen LogP) is 3.22. The van der Waals surface area contributed by atoms with Crippen LogP contribution in [0, 0.1) is 23.7 Å². The number of amides is 2. The molecule has 2 amide bonds. The Labute approximate surface area is 150 Å². The Kier molecular flexibility index (Phi) is 3.91. The van der Waals surface area contributed by atoms with Gasteiger partial charge in [-0.15, -0.1) is 0 Å². The molecule has 1 saturated carbocycles. The zero-order chi connectivity index (χ0) is 17.7. The van der Waals surface area contributed by atoms with Crippen LogP contribution in [-0.2, 0) is 14.3 Å². The number of ether oxygens (including phenoxy) is 1. The fourth-order valence-electron chi connectivity index (χ4n) is 4.35. The summed E-state index contributed by atoms with van der Waals surface area (Å²) in [7, 11) is 0. The van der Waals surface area contributed by atoms with Crippen molar-refractivity contribution < 1.29 is 19.1 Å². The minimum Gasteiger partial charge on any atom is -0.462 e. The summed E-state index contributed by atoms with van der Waals surface area (Å²) >= 11 is 6.09. The van der Waals surface area contributed by atoms with E-state index in [2.05, 4.69) is 12.2 Å². The highest BCUT2D eigenvalue weighted by atomic mass is 35.5. The number of esters is 1. The third kappa shape index (κ3) is 2.41. The lowest BCUT2D eigenvalue weighted by Crippen LogP contribution is -2.38. The SMILES string of the molecule is CCOC(=O)c1cc(N2C(=O)C3C4C=CC(CC4)C3C2=O)ccc1Cl. The zero-order valence-corrected chi connectivity index (χ0v) is 14.5. The van der Waals surface area contributed by atoms with Gasteiger partial charge in [0.1, 0.15) is 0 Å². The van der Waals surface area contributed by atoms with Crippen molar-refractivity contribution in [1.29, 1.82) is 0 Å². The molecule has 0 spiro atoms. The standard InChI is InChI=1S/C19H18ClNO4/c1-2-25-19(24)13-9-12(7-8-14(13)20)21-17(22)15-10-3-4-11(6-5-10)16(15)18(21)23/h3-4,7-11,15-16H,2,5-6H2,1H3. The van der Waals surface area contributed by atoms with Crippen LogP contribution in [0.2, 0.25) is 5.02 Å². The van der Waals surface area contributed by atoms with Gasteiger partial charge >= 0.3 is 5.97 Å². The fraction of sp³-hybridized carbons (Fsp3) is 0.421. The molecule has 3 aliphatic carbocycles. The van der Waals surface area contributed by atoms with Gasteiger partial charge in [-0.25, -0.2) is 9.69 Å². The number of carbonyl (C=O) groups is 3. The molecule has 5 rings (SSSR count). The van der Waals surface area contributed by atoms with Gasteiger partial charge in [-0.2, -0.15) is 0 Å². The number of allylic oxidation sites excluding steroid dienone is 2. The molecule has 25 heavy (non-hydrogen) atoms. The predicted molar refractivity (Wildman–Crippen MR) is 92.2 cm³/mol. The van der Waals surface area contributed by atoms with Crippen molar-refractivity contribution in [2.75, 3.05) is 11.5 Å². The van der Waals surface area contributed by atoms with Crippen LogP contribution in [0.25, 0.3) is 0 Å². The molecule has 2 bridgehead atoms. The van der Waals surface area contributed by atoms with Crippen LogP contribution in [0.1, 0.15) is 30.1 Å². The second kappa shape index (κ2) is 5.99. The third-order valence-corrected chi connectivity index (χ3v) is 5.79. The normalized spacial score (nSPS) is 29.9. The molecule has 1 heterocycles. The van der Waals surface area contributed by atoms with Gasteiger partial charge in [0.2, 0.25) is 11.8 Å². The molecular formula is C19H18ClNO4. The topological polar surface area (TPSA) is 63.7 Å². The van der Waals surface area contributed by atoms with E-state index in [9.17, 15) is 14.4 Å². The van der Waals surface area contributed by atoms with Gasteiger partial charge in [0, 0.05) is 0 Å². The van der Waals surface area contributed by atoms with Crippen LogP contribution in [-0.4, -0.2) is 24.4 Å². The number of nitrogens with zero attached hydrogens (tertiary/aromatic N) is 1. The van der Waals surface area contributed by atoms with E-state index in [1.54, 1.807) is 13.0 Å². The van der Waals surface area contributed by atoms with Gasteiger partial charge < -0.3 is 4.74 Å². The molecular weight excluding hydrogens is 342 g/mol. The minimum absolute atomic E-state index is 0.133. The first-order chi connectivity index (χ1) is 12.0. The largest absolute Gasteiger partial charge is 0.462 e. The highest BCUT2D eigenvalue weighted by Crippen LogP contribution is 2.50. The van der Waals surface area contributed by atoms with E-state index >= 15 is 0 Å². The third-order valence-electron chi connectivity index (χ3n) is 5.46. The number of anilines is 1. The molecule has 6 heteroatoms. The molecule has 1 aliphatic heterocycles. The number of halogens is 1. The summed E-state index contributed by atoms with van der Waals surface area (Å²) in [6, 6.07) is 4.61. The minimum atomic E-state index is -0.562. The van der Waals surface area contributed by atoms with Gasteiger partial charge in [0.25, 0.3) is 0 Å². The number of imide groups is 1. The Hall–Kier alpha value is -2.14. The maximum absolute atomic E-state index is 13.0. The molecule has 5 nitrogen and oxygen atoms in total. The summed E-state index contributed by atoms with van der Waals surface area (Å²) in [5.41, 5.74) is 0.550. The van der Waals surface area contributed by atoms with E-state index in [1.807, 2.05) is 0 Å². The van der Waals surface area contributed by atoms with Crippen molar-refractivity contribution >= 4 is 35.1 Å². The van der Waals surface area contributed by atoms with Crippen LogP contribution < -0.4 is 4.90 Å². The summed E-state index contributed by atoms with van der Waals surface area (Å²) in [5, 5.41) is 0.237. The van der Waals surface area contributed by atoms with Crippen molar-refractivity contribution in [3.63, 3.8) is 0 Å². The summed E-state index contributed by atoms with van der Waals surface area (Å²) in [6.45, 7) is 1.93. The summed E-state index contributed by atoms with van der Waals surface area (Å²) in [6.07, 6.45) is 6.06. The average molecular weight is 360 g/mol. The average Bonchev–Trinajstić information content (AvgIpc) is 2.90. The van der Waals surface area contributed by atoms with E-state index in [0.29, 0.717) is 5.69 Å². The highest BCUT2D eigenvalue weighted by Gasteiger charge is 2.56. The van der Waals surface area contributed by atoms with Crippen molar-refractivity contribution in [2.24, 2.45) is 23.7 Å². The molecule has 2 fully saturated rings. The van der Waals surface area contributed by atoms with Crippen LogP contribution >= 0.6 is 11.6 Å². The van der Waals surface area contributed by atoms with Crippen molar-refractivity contribution in [1.82, 2.24) is 0 Å². The lowest BCUT2D eigenvalue weighted by atomic mass is 9.63. The zero-order valence-electron chi connectivity index (χ0n) is 13.8. The Balaban J connectivity index is 1.71. The van der Waals surface area contributed by atoms with Crippen LogP contribution in [0.15, 0.2) is 30.4 Å². The number of hydrogen-bond acceptors (Lipinski definition) is 4. The molecule has 0 N–H and O–H groups in total. The Morgan fingerprint density at radius 2 is 1.76 bits per heavy atom. The first-order valence-corrected chi connectivity index (χ1v) is 8.93. The van der Waals surface area contributed by atoms with Gasteiger partial charge in [-0.05, 0) is 49.8 Å². The quantitative estimate of drug-likeness (QED) is 0.472. The molecule has 4 atom stereocenters. The molecule has 0 radical (unpaired) electrons. The van der Waals surface area contributed by atoms with Gasteiger partial charge in [0.05, 0.1) is 34.7 Å². The Bertz CT molecular complexity index is 771. The fourth-order valence-corrected chi connectivity index (χ4v) is 4.54. The maximum Gasteiger partial charge on any atom is 0.339 e. The van der Waals surface area contributed by atoms with E-state index in [1.165, 1.54) is 17.0 Å². The molecule has 0 aromatic heterocycles. The van der Waals surface area contributed by atoms with Crippen LogP contribution in [0.5, 0.6) is 0 Å². The van der Waals surface area contributed by atoms with Crippen molar-refractivity contribution in [3.05, 3.63) is 40.9 Å². The first-order valence-electron chi connectivity index (χ1n) is 8.55. The number of benzene rings is 1. The number of hydrogen-bond donors (Lipinski definition) is 0. The smallest absolute Gasteiger partial charge is 0.339 e. The lowest BCUT2D eigenvalue weighted by molar-refractivity contribution is -0.124. The highest BCUT2D eigenvalue weighted by molar-refractivity contribution is 6.34. The number of carbonyl (C=O) groups excluding carboxylic acids is 3. The molecule has 1 saturated heterocycles. The second-order valence-corrected chi connectivity index (χ2v) is 7.15. The molecule has 4 unspecified atom stereocenters. The first kappa shape index (κ1) is 16.3. The van der Waals surface area contributed by atoms with E-state index in [4.69, 9.17) is 16.3 Å². The second-order valence-electron chi connectivity index (χ2n) is 6.74. The van der Waals surface area contributed by atoms with E-state index in [-0.39, 0.29) is 52.7 Å². The van der Waals surface area contributed by atoms with Gasteiger partial charge in [0.15, 0.2) is 0 Å². The number of rotatable bonds is 3. The van der Waals surface area contributed by atoms with Crippen molar-refractivity contribution in [2.45, 2.75) is 19.8 Å². The molecule has 1 aromatic carbocycles. The van der Waals surface area contributed by atoms with E-state index in [0.717, 1.165) is 12.8 Å². The van der Waals surface area contributed by atoms with Gasteiger partial charge in [-0.1, -0.05) is 23.8 Å². The summed E-state index contributed by atoms with van der Waals surface area (Å²) < 4.78 is 5.00. The van der Waals surface area contributed by atoms with Gasteiger partial charge in [-0.3, -0.25) is 9.59 Å². The summed E-state index contributed by atoms with van der Waals surface area (Å²) in [4.78, 5) is 39.2. The Morgan fingerprint density at radius 1 is 1.16 bits per heavy atom. The number of fused-ring (bicyclic) bond motifs is 1. The summed E-state index contributed by atoms with van der Waals surface area (Å²) in [5.74, 6) is -1.21.